The van der Waals surface area contributed by atoms with E-state index >= 15 is 0 Å². The van der Waals surface area contributed by atoms with Gasteiger partial charge in [0.1, 0.15) is 5.82 Å². The molecule has 0 aromatic heterocycles. The normalized spacial score (nSPS) is 10.2. The molecule has 0 saturated heterocycles. The minimum absolute atomic E-state index is 0.0493. The third-order valence-corrected chi connectivity index (χ3v) is 2.81. The van der Waals surface area contributed by atoms with E-state index in [1.807, 2.05) is 0 Å². The maximum absolute atomic E-state index is 13.4. The standard InChI is InChI=1S/C13H14BrFO3/c1-2-18-13(17)5-3-4-12(16)10-8-9(14)6-7-11(10)15/h6-8H,2-5H2,1H3. The second kappa shape index (κ2) is 7.26. The number of Topliss-reactive ketones (excluding diaryl/α,β-unsaturated/α-hetero) is 1. The highest BCUT2D eigenvalue weighted by molar-refractivity contribution is 9.10. The fourth-order valence-corrected chi connectivity index (χ4v) is 1.83. The van der Waals surface area contributed by atoms with Crippen LogP contribution >= 0.6 is 15.9 Å². The van der Waals surface area contributed by atoms with Crippen LogP contribution in [0.5, 0.6) is 0 Å². The number of carbonyl (C=O) groups is 2. The summed E-state index contributed by atoms with van der Waals surface area (Å²) >= 11 is 3.18. The zero-order valence-corrected chi connectivity index (χ0v) is 11.6. The maximum atomic E-state index is 13.4. The van der Waals surface area contributed by atoms with E-state index in [2.05, 4.69) is 15.9 Å². The zero-order chi connectivity index (χ0) is 13.5. The first-order valence-electron chi connectivity index (χ1n) is 5.68. The highest BCUT2D eigenvalue weighted by atomic mass is 79.9. The Balaban J connectivity index is 2.50. The molecular formula is C13H14BrFO3. The van der Waals surface area contributed by atoms with E-state index in [1.165, 1.54) is 18.2 Å². The van der Waals surface area contributed by atoms with Crippen LogP contribution in [0.25, 0.3) is 0 Å². The highest BCUT2D eigenvalue weighted by Gasteiger charge is 2.13. The lowest BCUT2D eigenvalue weighted by molar-refractivity contribution is -0.143. The van der Waals surface area contributed by atoms with Gasteiger partial charge in [-0.1, -0.05) is 15.9 Å². The van der Waals surface area contributed by atoms with E-state index < -0.39 is 5.82 Å². The number of hydrogen-bond acceptors (Lipinski definition) is 3. The molecule has 1 aromatic rings. The first-order valence-corrected chi connectivity index (χ1v) is 6.47. The molecular weight excluding hydrogens is 303 g/mol. The molecule has 0 aliphatic heterocycles. The summed E-state index contributed by atoms with van der Waals surface area (Å²) in [4.78, 5) is 22.8. The number of halogens is 2. The van der Waals surface area contributed by atoms with E-state index in [1.54, 1.807) is 6.92 Å². The molecule has 3 nitrogen and oxygen atoms in total. The van der Waals surface area contributed by atoms with Crippen molar-refractivity contribution in [2.24, 2.45) is 0 Å². The molecule has 0 bridgehead atoms. The van der Waals surface area contributed by atoms with E-state index in [0.717, 1.165) is 0 Å². The van der Waals surface area contributed by atoms with Gasteiger partial charge in [-0.2, -0.15) is 0 Å². The van der Waals surface area contributed by atoms with Gasteiger partial charge in [-0.05, 0) is 31.5 Å². The van der Waals surface area contributed by atoms with Gasteiger partial charge in [0.15, 0.2) is 5.78 Å². The van der Waals surface area contributed by atoms with Crippen LogP contribution in [0.2, 0.25) is 0 Å². The van der Waals surface area contributed by atoms with Gasteiger partial charge in [0.2, 0.25) is 0 Å². The molecule has 1 aromatic carbocycles. The van der Waals surface area contributed by atoms with Gasteiger partial charge in [-0.25, -0.2) is 4.39 Å². The number of hydrogen-bond donors (Lipinski definition) is 0. The number of carbonyl (C=O) groups excluding carboxylic acids is 2. The summed E-state index contributed by atoms with van der Waals surface area (Å²) in [5.74, 6) is -1.18. The number of ketones is 1. The van der Waals surface area contributed by atoms with Gasteiger partial charge >= 0.3 is 5.97 Å². The van der Waals surface area contributed by atoms with Crippen LogP contribution in [0, 0.1) is 5.82 Å². The van der Waals surface area contributed by atoms with Gasteiger partial charge in [0, 0.05) is 17.3 Å². The van der Waals surface area contributed by atoms with Crippen LogP contribution in [0.4, 0.5) is 4.39 Å². The molecule has 0 fully saturated rings. The molecule has 0 heterocycles. The topological polar surface area (TPSA) is 43.4 Å². The van der Waals surface area contributed by atoms with Crippen molar-refractivity contribution in [2.75, 3.05) is 6.61 Å². The molecule has 0 aliphatic carbocycles. The Hall–Kier alpha value is -1.23. The van der Waals surface area contributed by atoms with Crippen molar-refractivity contribution in [1.82, 2.24) is 0 Å². The minimum Gasteiger partial charge on any atom is -0.466 e. The first kappa shape index (κ1) is 14.8. The Morgan fingerprint density at radius 3 is 2.72 bits per heavy atom. The van der Waals surface area contributed by atoms with Crippen LogP contribution in [0.1, 0.15) is 36.5 Å². The fraction of sp³-hybridized carbons (Fsp3) is 0.385. The number of benzene rings is 1. The van der Waals surface area contributed by atoms with Gasteiger partial charge in [0.25, 0.3) is 0 Å². The van der Waals surface area contributed by atoms with Gasteiger partial charge < -0.3 is 4.74 Å². The van der Waals surface area contributed by atoms with Crippen molar-refractivity contribution in [3.63, 3.8) is 0 Å². The van der Waals surface area contributed by atoms with E-state index in [4.69, 9.17) is 4.74 Å². The summed E-state index contributed by atoms with van der Waals surface area (Å²) in [6, 6.07) is 4.22. The van der Waals surface area contributed by atoms with Crippen LogP contribution < -0.4 is 0 Å². The van der Waals surface area contributed by atoms with Crippen molar-refractivity contribution in [3.8, 4) is 0 Å². The lowest BCUT2D eigenvalue weighted by atomic mass is 10.1. The average molecular weight is 317 g/mol. The Morgan fingerprint density at radius 1 is 1.33 bits per heavy atom. The summed E-state index contributed by atoms with van der Waals surface area (Å²) in [6.45, 7) is 2.05. The van der Waals surface area contributed by atoms with Crippen molar-refractivity contribution in [3.05, 3.63) is 34.1 Å². The molecule has 0 amide bonds. The average Bonchev–Trinajstić information content (AvgIpc) is 2.32. The Kier molecular flexibility index (Phi) is 5.98. The Labute approximate surface area is 113 Å². The molecule has 0 unspecified atom stereocenters. The summed E-state index contributed by atoms with van der Waals surface area (Å²) in [5, 5.41) is 0. The molecule has 18 heavy (non-hydrogen) atoms. The maximum Gasteiger partial charge on any atom is 0.305 e. The fourth-order valence-electron chi connectivity index (χ4n) is 1.47. The van der Waals surface area contributed by atoms with Crippen molar-refractivity contribution in [1.29, 1.82) is 0 Å². The molecule has 1 rings (SSSR count). The highest BCUT2D eigenvalue weighted by Crippen LogP contribution is 2.18. The second-order valence-corrected chi connectivity index (χ2v) is 4.62. The third kappa shape index (κ3) is 4.56. The van der Waals surface area contributed by atoms with Crippen LogP contribution in [-0.2, 0) is 9.53 Å². The van der Waals surface area contributed by atoms with E-state index in [-0.39, 0.29) is 30.2 Å². The lowest BCUT2D eigenvalue weighted by Gasteiger charge is -2.04. The minimum atomic E-state index is -0.542. The Bertz CT molecular complexity index is 446. The molecule has 5 heteroatoms. The number of ether oxygens (including phenoxy) is 1. The largest absolute Gasteiger partial charge is 0.466 e. The number of rotatable bonds is 6. The van der Waals surface area contributed by atoms with E-state index in [0.29, 0.717) is 17.5 Å². The Morgan fingerprint density at radius 2 is 2.06 bits per heavy atom. The van der Waals surface area contributed by atoms with Crippen molar-refractivity contribution < 1.29 is 18.7 Å². The summed E-state index contributed by atoms with van der Waals surface area (Å²) in [6.07, 6.45) is 0.672. The molecule has 98 valence electrons. The lowest BCUT2D eigenvalue weighted by Crippen LogP contribution is -2.07. The predicted octanol–water partition coefficient (Wildman–Crippen LogP) is 3.50. The molecule has 0 saturated carbocycles. The van der Waals surface area contributed by atoms with Gasteiger partial charge in [-0.15, -0.1) is 0 Å². The van der Waals surface area contributed by atoms with Crippen molar-refractivity contribution >= 4 is 27.7 Å². The summed E-state index contributed by atoms with van der Waals surface area (Å²) in [7, 11) is 0. The van der Waals surface area contributed by atoms with Gasteiger partial charge in [-0.3, -0.25) is 9.59 Å². The SMILES string of the molecule is CCOC(=O)CCCC(=O)c1cc(Br)ccc1F. The molecule has 0 radical (unpaired) electrons. The molecule has 0 atom stereocenters. The van der Waals surface area contributed by atoms with Crippen LogP contribution in [0.15, 0.2) is 22.7 Å². The summed E-state index contributed by atoms with van der Waals surface area (Å²) < 4.78 is 18.8. The van der Waals surface area contributed by atoms with Gasteiger partial charge in [0.05, 0.1) is 12.2 Å². The molecule has 0 N–H and O–H groups in total. The van der Waals surface area contributed by atoms with Crippen LogP contribution in [0.3, 0.4) is 0 Å². The van der Waals surface area contributed by atoms with Crippen molar-refractivity contribution in [2.45, 2.75) is 26.2 Å². The predicted molar refractivity (Wildman–Crippen MR) is 68.9 cm³/mol. The smallest absolute Gasteiger partial charge is 0.305 e. The first-order chi connectivity index (χ1) is 8.54. The third-order valence-electron chi connectivity index (χ3n) is 2.32. The quantitative estimate of drug-likeness (QED) is 0.596. The summed E-state index contributed by atoms with van der Waals surface area (Å²) in [5.41, 5.74) is 0.0493. The monoisotopic (exact) mass is 316 g/mol. The second-order valence-electron chi connectivity index (χ2n) is 3.71. The van der Waals surface area contributed by atoms with Crippen LogP contribution in [-0.4, -0.2) is 18.4 Å². The molecule has 0 aliphatic rings. The molecule has 0 spiro atoms. The number of esters is 1. The van der Waals surface area contributed by atoms with E-state index in [9.17, 15) is 14.0 Å². The zero-order valence-electron chi connectivity index (χ0n) is 10.0.